The van der Waals surface area contributed by atoms with Crippen LogP contribution in [0.4, 0.5) is 0 Å². The number of hydrogen-bond donors (Lipinski definition) is 1. The topological polar surface area (TPSA) is 36.4 Å². The van der Waals surface area contributed by atoms with Crippen molar-refractivity contribution in [2.24, 2.45) is 0 Å². The average Bonchev–Trinajstić information content (AvgIpc) is 2.73. The van der Waals surface area contributed by atoms with Crippen LogP contribution in [0, 0.1) is 0 Å². The summed E-state index contributed by atoms with van der Waals surface area (Å²) >= 11 is 15.8. The normalized spacial score (nSPS) is 14.7. The van der Waals surface area contributed by atoms with Crippen molar-refractivity contribution in [3.8, 4) is 5.75 Å². The molecule has 1 aliphatic rings. The minimum absolute atomic E-state index is 0. The van der Waals surface area contributed by atoms with Crippen LogP contribution in [0.1, 0.15) is 17.7 Å². The number of rotatable bonds is 4. The molecule has 0 radical (unpaired) electrons. The van der Waals surface area contributed by atoms with Gasteiger partial charge in [-0.15, -0.1) is 12.4 Å². The Kier molecular flexibility index (Phi) is 7.83. The number of phenolic OH excluding ortho intramolecular Hbond substituents is 1. The molecule has 1 aromatic heterocycles. The van der Waals surface area contributed by atoms with Crippen LogP contribution in [0.25, 0.3) is 17.0 Å². The Labute approximate surface area is 200 Å². The quantitative estimate of drug-likeness (QED) is 0.388. The van der Waals surface area contributed by atoms with Gasteiger partial charge in [0.15, 0.2) is 5.75 Å². The van der Waals surface area contributed by atoms with E-state index in [4.69, 9.17) is 23.2 Å². The molecular formula is C23H20BrCl3N2O. The molecule has 0 bridgehead atoms. The van der Waals surface area contributed by atoms with Gasteiger partial charge < -0.3 is 5.11 Å². The molecule has 0 aliphatic carbocycles. The van der Waals surface area contributed by atoms with E-state index >= 15 is 0 Å². The predicted octanol–water partition coefficient (Wildman–Crippen LogP) is 7.28. The number of halogens is 4. The monoisotopic (exact) mass is 524 g/mol. The summed E-state index contributed by atoms with van der Waals surface area (Å²) in [7, 11) is 0. The van der Waals surface area contributed by atoms with Crippen LogP contribution in [0.15, 0.2) is 64.7 Å². The van der Waals surface area contributed by atoms with E-state index in [0.29, 0.717) is 15.9 Å². The van der Waals surface area contributed by atoms with Crippen molar-refractivity contribution < 1.29 is 5.11 Å². The molecule has 2 aromatic carbocycles. The second-order valence-electron chi connectivity index (χ2n) is 7.01. The summed E-state index contributed by atoms with van der Waals surface area (Å²) < 4.78 is 1.15. The van der Waals surface area contributed by atoms with Crippen molar-refractivity contribution in [2.45, 2.75) is 13.0 Å². The summed E-state index contributed by atoms with van der Waals surface area (Å²) in [6.07, 6.45) is 7.29. The van der Waals surface area contributed by atoms with Gasteiger partial charge in [-0.3, -0.25) is 4.90 Å². The Balaban J connectivity index is 0.00000256. The Hall–Kier alpha value is -1.56. The number of phenols is 1. The van der Waals surface area contributed by atoms with Gasteiger partial charge in [0, 0.05) is 29.5 Å². The molecule has 0 saturated heterocycles. The van der Waals surface area contributed by atoms with Crippen molar-refractivity contribution in [1.29, 1.82) is 0 Å². The van der Waals surface area contributed by atoms with Crippen molar-refractivity contribution in [2.75, 3.05) is 13.1 Å². The first kappa shape index (κ1) is 23.1. The summed E-state index contributed by atoms with van der Waals surface area (Å²) in [5.41, 5.74) is 3.76. The summed E-state index contributed by atoms with van der Waals surface area (Å²) in [4.78, 5) is 6.94. The standard InChI is InChI=1S/C23H19BrCl2N2O.ClH/c24-19-4-2-1-3-16(19)14-28-11-9-15(10-12-28)5-6-17-7-8-18-20(25)13-21(26)23(29)22(18)27-17;/h1-9,13,29H,10-12,14H2;1H/b6-5+;. The molecule has 4 rings (SSSR count). The molecule has 3 aromatic rings. The number of hydrogen-bond acceptors (Lipinski definition) is 3. The van der Waals surface area contributed by atoms with Gasteiger partial charge in [-0.2, -0.15) is 0 Å². The van der Waals surface area contributed by atoms with Gasteiger partial charge in [0.1, 0.15) is 5.52 Å². The summed E-state index contributed by atoms with van der Waals surface area (Å²) in [6.45, 7) is 2.86. The molecule has 1 N–H and O–H groups in total. The maximum absolute atomic E-state index is 10.2. The lowest BCUT2D eigenvalue weighted by Gasteiger charge is -2.25. The van der Waals surface area contributed by atoms with Gasteiger partial charge >= 0.3 is 0 Å². The smallest absolute Gasteiger partial charge is 0.160 e. The average molecular weight is 527 g/mol. The van der Waals surface area contributed by atoms with E-state index < -0.39 is 0 Å². The van der Waals surface area contributed by atoms with E-state index in [1.807, 2.05) is 24.3 Å². The van der Waals surface area contributed by atoms with E-state index in [1.165, 1.54) is 17.2 Å². The zero-order chi connectivity index (χ0) is 20.4. The second kappa shape index (κ2) is 10.2. The maximum Gasteiger partial charge on any atom is 0.160 e. The molecule has 0 spiro atoms. The summed E-state index contributed by atoms with van der Waals surface area (Å²) in [5, 5.41) is 11.6. The minimum Gasteiger partial charge on any atom is -0.504 e. The predicted molar refractivity (Wildman–Crippen MR) is 132 cm³/mol. The highest BCUT2D eigenvalue weighted by atomic mass is 79.9. The van der Waals surface area contributed by atoms with Crippen molar-refractivity contribution in [3.63, 3.8) is 0 Å². The van der Waals surface area contributed by atoms with Crippen LogP contribution >= 0.6 is 51.5 Å². The van der Waals surface area contributed by atoms with Crippen LogP contribution in [0.3, 0.4) is 0 Å². The van der Waals surface area contributed by atoms with Crippen molar-refractivity contribution in [3.05, 3.63) is 86.0 Å². The molecule has 1 aliphatic heterocycles. The Morgan fingerprint density at radius 2 is 1.90 bits per heavy atom. The number of aromatic hydroxyl groups is 1. The fraction of sp³-hybridized carbons (Fsp3) is 0.174. The van der Waals surface area contributed by atoms with Gasteiger partial charge in [-0.05, 0) is 47.9 Å². The molecular weight excluding hydrogens is 507 g/mol. The van der Waals surface area contributed by atoms with Gasteiger partial charge in [-0.25, -0.2) is 4.98 Å². The molecule has 156 valence electrons. The molecule has 2 heterocycles. The highest BCUT2D eigenvalue weighted by Gasteiger charge is 2.13. The van der Waals surface area contributed by atoms with Crippen LogP contribution in [0.5, 0.6) is 5.75 Å². The molecule has 3 nitrogen and oxygen atoms in total. The number of pyridine rings is 1. The van der Waals surface area contributed by atoms with Gasteiger partial charge in [-0.1, -0.05) is 69.5 Å². The van der Waals surface area contributed by atoms with E-state index in [0.717, 1.165) is 36.2 Å². The summed E-state index contributed by atoms with van der Waals surface area (Å²) in [6, 6.07) is 13.6. The Morgan fingerprint density at radius 1 is 1.10 bits per heavy atom. The Morgan fingerprint density at radius 3 is 2.63 bits per heavy atom. The van der Waals surface area contributed by atoms with E-state index in [9.17, 15) is 5.11 Å². The lowest BCUT2D eigenvalue weighted by Crippen LogP contribution is -2.28. The Bertz CT molecular complexity index is 1130. The van der Waals surface area contributed by atoms with Crippen molar-refractivity contribution >= 4 is 68.5 Å². The fourth-order valence-corrected chi connectivity index (χ4v) is 4.32. The second-order valence-corrected chi connectivity index (χ2v) is 8.68. The first-order chi connectivity index (χ1) is 14.0. The number of allylic oxidation sites excluding steroid dienone is 1. The lowest BCUT2D eigenvalue weighted by molar-refractivity contribution is 0.287. The molecule has 0 fully saturated rings. The molecule has 7 heteroatoms. The van der Waals surface area contributed by atoms with Gasteiger partial charge in [0.05, 0.1) is 15.7 Å². The van der Waals surface area contributed by atoms with Crippen LogP contribution in [-0.2, 0) is 6.54 Å². The molecule has 0 atom stereocenters. The SMILES string of the molecule is Cl.Oc1c(Cl)cc(Cl)c2ccc(/C=C/C3=CCN(Cc4ccccc4Br)CC3)nc12. The van der Waals surface area contributed by atoms with Crippen LogP contribution in [-0.4, -0.2) is 28.1 Å². The largest absolute Gasteiger partial charge is 0.504 e. The molecule has 30 heavy (non-hydrogen) atoms. The number of nitrogens with zero attached hydrogens (tertiary/aromatic N) is 2. The molecule has 0 saturated carbocycles. The lowest BCUT2D eigenvalue weighted by atomic mass is 10.1. The van der Waals surface area contributed by atoms with Crippen LogP contribution in [0.2, 0.25) is 10.0 Å². The zero-order valence-corrected chi connectivity index (χ0v) is 19.9. The third-order valence-electron chi connectivity index (χ3n) is 5.03. The highest BCUT2D eigenvalue weighted by Crippen LogP contribution is 2.36. The van der Waals surface area contributed by atoms with E-state index in [2.05, 4.69) is 56.2 Å². The zero-order valence-electron chi connectivity index (χ0n) is 16.0. The van der Waals surface area contributed by atoms with Crippen LogP contribution < -0.4 is 0 Å². The molecule has 0 unspecified atom stereocenters. The van der Waals surface area contributed by atoms with E-state index in [-0.39, 0.29) is 23.2 Å². The minimum atomic E-state index is -0.0408. The molecule has 0 amide bonds. The number of fused-ring (bicyclic) bond motifs is 1. The fourth-order valence-electron chi connectivity index (χ4n) is 3.39. The third-order valence-corrected chi connectivity index (χ3v) is 6.40. The third kappa shape index (κ3) is 5.19. The van der Waals surface area contributed by atoms with Gasteiger partial charge in [0.25, 0.3) is 0 Å². The van der Waals surface area contributed by atoms with Gasteiger partial charge in [0.2, 0.25) is 0 Å². The highest BCUT2D eigenvalue weighted by molar-refractivity contribution is 9.10. The number of aromatic nitrogens is 1. The number of benzene rings is 2. The van der Waals surface area contributed by atoms with E-state index in [1.54, 1.807) is 0 Å². The first-order valence-corrected chi connectivity index (χ1v) is 10.9. The maximum atomic E-state index is 10.2. The summed E-state index contributed by atoms with van der Waals surface area (Å²) in [5.74, 6) is -0.0408. The van der Waals surface area contributed by atoms with Crippen molar-refractivity contribution in [1.82, 2.24) is 9.88 Å². The first-order valence-electron chi connectivity index (χ1n) is 9.32.